The molecule has 0 heterocycles. The molecule has 0 saturated heterocycles. The molecule has 0 spiro atoms. The summed E-state index contributed by atoms with van der Waals surface area (Å²) >= 11 is 0. The standard InChI is InChI=1S/C19H29N4O8/c1-6-7-23(16(29)19(5,20)17(30)31-18(2,3)4)10-14(26)21-9-13(25)22-12(11-24)8-15(27)28/h6,12H,1,7-10,20H2,2-5H3,(H,21,26)(H,22,25)(H,27,28)/t12-,19-/m0/s1. The van der Waals surface area contributed by atoms with Crippen LogP contribution in [0.3, 0.4) is 0 Å². The van der Waals surface area contributed by atoms with Crippen molar-refractivity contribution in [3.8, 4) is 0 Å². The highest BCUT2D eigenvalue weighted by atomic mass is 16.6. The van der Waals surface area contributed by atoms with E-state index in [2.05, 4.69) is 17.2 Å². The van der Waals surface area contributed by atoms with Crippen molar-refractivity contribution in [3.63, 3.8) is 0 Å². The zero-order chi connectivity index (χ0) is 24.4. The molecule has 12 heteroatoms. The highest BCUT2D eigenvalue weighted by molar-refractivity contribution is 6.07. The van der Waals surface area contributed by atoms with Gasteiger partial charge in [0.2, 0.25) is 18.1 Å². The molecule has 0 aliphatic carbocycles. The summed E-state index contributed by atoms with van der Waals surface area (Å²) in [6.45, 7) is 8.21. The maximum Gasteiger partial charge on any atom is 0.336 e. The van der Waals surface area contributed by atoms with Gasteiger partial charge in [-0.25, -0.2) is 4.79 Å². The number of rotatable bonds is 12. The lowest BCUT2D eigenvalue weighted by atomic mass is 10.0. The summed E-state index contributed by atoms with van der Waals surface area (Å²) < 4.78 is 5.15. The van der Waals surface area contributed by atoms with E-state index in [4.69, 9.17) is 15.6 Å². The molecule has 0 rings (SSSR count). The Morgan fingerprint density at radius 1 is 1.19 bits per heavy atom. The van der Waals surface area contributed by atoms with Gasteiger partial charge in [0.25, 0.3) is 5.91 Å². The Labute approximate surface area is 180 Å². The van der Waals surface area contributed by atoms with Crippen LogP contribution in [0, 0.1) is 0 Å². The van der Waals surface area contributed by atoms with E-state index in [1.807, 2.05) is 0 Å². The molecule has 0 unspecified atom stereocenters. The first-order valence-electron chi connectivity index (χ1n) is 9.22. The molecule has 0 aliphatic heterocycles. The SMILES string of the molecule is C=CCN(CC(=O)NCC(=O)N[C@H]([C]=O)CC(=O)O)C(=O)[C@](C)(N)C(=O)OC(C)(C)C. The molecule has 0 aromatic carbocycles. The van der Waals surface area contributed by atoms with Crippen molar-refractivity contribution in [2.45, 2.75) is 51.3 Å². The van der Waals surface area contributed by atoms with Crippen molar-refractivity contribution >= 4 is 35.9 Å². The minimum Gasteiger partial charge on any atom is -0.481 e. The fourth-order valence-corrected chi connectivity index (χ4v) is 2.13. The molecule has 0 bridgehead atoms. The first-order chi connectivity index (χ1) is 14.1. The first kappa shape index (κ1) is 27.7. The minimum absolute atomic E-state index is 0.116. The maximum atomic E-state index is 12.7. The molecule has 1 radical (unpaired) electrons. The number of hydrogen-bond acceptors (Lipinski definition) is 8. The van der Waals surface area contributed by atoms with E-state index in [1.165, 1.54) is 12.4 Å². The number of carboxylic acids is 1. The Bertz CT molecular complexity index is 727. The fourth-order valence-electron chi connectivity index (χ4n) is 2.13. The normalized spacial score (nSPS) is 13.7. The van der Waals surface area contributed by atoms with Crippen LogP contribution in [-0.4, -0.2) is 82.8 Å². The number of nitrogens with two attached hydrogens (primary N) is 1. The second kappa shape index (κ2) is 11.8. The molecule has 0 aromatic heterocycles. The topological polar surface area (TPSA) is 185 Å². The van der Waals surface area contributed by atoms with Gasteiger partial charge in [-0.3, -0.25) is 24.0 Å². The monoisotopic (exact) mass is 441 g/mol. The summed E-state index contributed by atoms with van der Waals surface area (Å²) in [5.74, 6) is -4.78. The van der Waals surface area contributed by atoms with E-state index in [-0.39, 0.29) is 6.54 Å². The molecule has 5 N–H and O–H groups in total. The average molecular weight is 441 g/mol. The fraction of sp³-hybridized carbons (Fsp3) is 0.579. The van der Waals surface area contributed by atoms with Crippen molar-refractivity contribution in [2.75, 3.05) is 19.6 Å². The number of amides is 3. The third-order valence-corrected chi connectivity index (χ3v) is 3.54. The zero-order valence-corrected chi connectivity index (χ0v) is 18.0. The van der Waals surface area contributed by atoms with Gasteiger partial charge in [0.1, 0.15) is 11.6 Å². The second-order valence-electron chi connectivity index (χ2n) is 7.79. The smallest absolute Gasteiger partial charge is 0.336 e. The van der Waals surface area contributed by atoms with E-state index < -0.39 is 66.4 Å². The molecule has 2 atom stereocenters. The van der Waals surface area contributed by atoms with Crippen molar-refractivity contribution in [1.82, 2.24) is 15.5 Å². The lowest BCUT2D eigenvalue weighted by Gasteiger charge is -2.31. The number of carbonyl (C=O) groups excluding carboxylic acids is 5. The predicted molar refractivity (Wildman–Crippen MR) is 108 cm³/mol. The summed E-state index contributed by atoms with van der Waals surface area (Å²) in [4.78, 5) is 71.1. The number of nitrogens with zero attached hydrogens (tertiary/aromatic N) is 1. The first-order valence-corrected chi connectivity index (χ1v) is 9.22. The van der Waals surface area contributed by atoms with Crippen LogP contribution in [-0.2, 0) is 33.5 Å². The van der Waals surface area contributed by atoms with Crippen LogP contribution in [0.5, 0.6) is 0 Å². The van der Waals surface area contributed by atoms with E-state index in [1.54, 1.807) is 20.8 Å². The molecule has 31 heavy (non-hydrogen) atoms. The Morgan fingerprint density at radius 2 is 1.77 bits per heavy atom. The third kappa shape index (κ3) is 10.3. The van der Waals surface area contributed by atoms with Gasteiger partial charge in [-0.05, 0) is 27.7 Å². The number of hydrogen-bond donors (Lipinski definition) is 4. The maximum absolute atomic E-state index is 12.7. The molecule has 0 saturated carbocycles. The number of esters is 1. The number of carboxylic acid groups (broad SMARTS) is 1. The van der Waals surface area contributed by atoms with Crippen molar-refractivity contribution in [1.29, 1.82) is 0 Å². The van der Waals surface area contributed by atoms with Gasteiger partial charge in [0.05, 0.1) is 19.5 Å². The molecular formula is C19H29N4O8. The van der Waals surface area contributed by atoms with Crippen LogP contribution in [0.1, 0.15) is 34.1 Å². The summed E-state index contributed by atoms with van der Waals surface area (Å²) in [5.41, 5.74) is 2.91. The minimum atomic E-state index is -2.07. The molecule has 12 nitrogen and oxygen atoms in total. The van der Waals surface area contributed by atoms with Gasteiger partial charge in [-0.1, -0.05) is 6.08 Å². The van der Waals surface area contributed by atoms with Gasteiger partial charge in [-0.2, -0.15) is 0 Å². The third-order valence-electron chi connectivity index (χ3n) is 3.54. The second-order valence-corrected chi connectivity index (χ2v) is 7.79. The van der Waals surface area contributed by atoms with Crippen molar-refractivity contribution in [3.05, 3.63) is 12.7 Å². The largest absolute Gasteiger partial charge is 0.481 e. The van der Waals surface area contributed by atoms with Crippen LogP contribution in [0.25, 0.3) is 0 Å². The Morgan fingerprint density at radius 3 is 2.23 bits per heavy atom. The summed E-state index contributed by atoms with van der Waals surface area (Å²) in [6.07, 6.45) is 2.02. The van der Waals surface area contributed by atoms with Gasteiger partial charge >= 0.3 is 11.9 Å². The van der Waals surface area contributed by atoms with E-state index >= 15 is 0 Å². The van der Waals surface area contributed by atoms with Crippen LogP contribution in [0.15, 0.2) is 12.7 Å². The molecular weight excluding hydrogens is 412 g/mol. The van der Waals surface area contributed by atoms with Gasteiger partial charge < -0.3 is 31.1 Å². The lowest BCUT2D eigenvalue weighted by molar-refractivity contribution is -0.166. The number of carbonyl (C=O) groups is 5. The predicted octanol–water partition coefficient (Wildman–Crippen LogP) is -1.75. The highest BCUT2D eigenvalue weighted by Crippen LogP contribution is 2.15. The van der Waals surface area contributed by atoms with Crippen LogP contribution in [0.2, 0.25) is 0 Å². The van der Waals surface area contributed by atoms with E-state index in [0.717, 1.165) is 11.8 Å². The average Bonchev–Trinajstić information content (AvgIpc) is 2.63. The van der Waals surface area contributed by atoms with E-state index in [9.17, 15) is 28.8 Å². The Hall–Kier alpha value is -3.28. The lowest BCUT2D eigenvalue weighted by Crippen LogP contribution is -2.61. The number of nitrogens with one attached hydrogen (secondary N) is 2. The Balaban J connectivity index is 5.00. The quantitative estimate of drug-likeness (QED) is 0.155. The molecule has 0 aromatic rings. The van der Waals surface area contributed by atoms with Crippen molar-refractivity contribution < 1.29 is 38.6 Å². The van der Waals surface area contributed by atoms with Gasteiger partial charge in [0.15, 0.2) is 5.54 Å². The highest BCUT2D eigenvalue weighted by Gasteiger charge is 2.43. The molecule has 0 aliphatic rings. The Kier molecular flexibility index (Phi) is 10.5. The summed E-state index contributed by atoms with van der Waals surface area (Å²) in [7, 11) is 0. The molecule has 173 valence electrons. The zero-order valence-electron chi connectivity index (χ0n) is 18.0. The van der Waals surface area contributed by atoms with Crippen LogP contribution < -0.4 is 16.4 Å². The number of ether oxygens (including phenoxy) is 1. The van der Waals surface area contributed by atoms with E-state index in [0.29, 0.717) is 0 Å². The van der Waals surface area contributed by atoms with Gasteiger partial charge in [0, 0.05) is 6.54 Å². The van der Waals surface area contributed by atoms with Crippen molar-refractivity contribution in [2.24, 2.45) is 5.73 Å². The van der Waals surface area contributed by atoms with Crippen LogP contribution >= 0.6 is 0 Å². The summed E-state index contributed by atoms with van der Waals surface area (Å²) in [6, 6.07) is -1.37. The molecule has 0 fully saturated rings. The molecule has 3 amide bonds. The number of aliphatic carboxylic acids is 1. The van der Waals surface area contributed by atoms with Gasteiger partial charge in [-0.15, -0.1) is 6.58 Å². The van der Waals surface area contributed by atoms with Crippen LogP contribution in [0.4, 0.5) is 0 Å². The summed E-state index contributed by atoms with van der Waals surface area (Å²) in [5, 5.41) is 12.9.